The Labute approximate surface area is 311 Å². The first-order chi connectivity index (χ1) is 24.8. The van der Waals surface area contributed by atoms with Gasteiger partial charge in [0.2, 0.25) is 11.8 Å². The van der Waals surface area contributed by atoms with E-state index in [0.717, 1.165) is 82.6 Å². The first-order valence-electron chi connectivity index (χ1n) is 20.0. The monoisotopic (exact) mass is 714 g/mol. The van der Waals surface area contributed by atoms with Crippen LogP contribution in [0.5, 0.6) is 5.75 Å². The predicted octanol–water partition coefficient (Wildman–Crippen LogP) is 7.97. The minimum absolute atomic E-state index is 0.0405. The Kier molecular flexibility index (Phi) is 11.3. The van der Waals surface area contributed by atoms with Gasteiger partial charge < -0.3 is 19.5 Å². The molecule has 0 aliphatic heterocycles. The molecule has 0 aromatic heterocycles. The molecule has 6 atom stereocenters. The van der Waals surface area contributed by atoms with E-state index in [1.54, 1.807) is 4.90 Å². The molecule has 6 rings (SSSR count). The highest BCUT2D eigenvalue weighted by Crippen LogP contribution is 2.59. The summed E-state index contributed by atoms with van der Waals surface area (Å²) >= 11 is 0. The molecule has 0 unspecified atom stereocenters. The number of hydrogen-bond donors (Lipinski definition) is 2. The van der Waals surface area contributed by atoms with Gasteiger partial charge in [0.25, 0.3) is 0 Å². The topological polar surface area (TPSA) is 105 Å². The van der Waals surface area contributed by atoms with Gasteiger partial charge in [0.05, 0.1) is 30.7 Å². The van der Waals surface area contributed by atoms with Gasteiger partial charge in [0, 0.05) is 13.1 Å². The van der Waals surface area contributed by atoms with E-state index in [0.29, 0.717) is 25.4 Å². The van der Waals surface area contributed by atoms with Gasteiger partial charge in [-0.25, -0.2) is 4.79 Å². The number of aliphatic hydroxyl groups excluding tert-OH is 1. The van der Waals surface area contributed by atoms with E-state index in [2.05, 4.69) is 71.1 Å². The van der Waals surface area contributed by atoms with Crippen LogP contribution in [0.4, 0.5) is 4.79 Å². The number of aliphatic hydroxyl groups is 1. The van der Waals surface area contributed by atoms with E-state index in [1.165, 1.54) is 22.3 Å². The lowest BCUT2D eigenvalue weighted by Gasteiger charge is -2.56. The van der Waals surface area contributed by atoms with Crippen molar-refractivity contribution in [2.75, 3.05) is 32.9 Å². The molecule has 2 aromatic carbocycles. The quantitative estimate of drug-likeness (QED) is 0.181. The number of carbonyl (C=O) groups is 3. The van der Waals surface area contributed by atoms with Crippen LogP contribution in [0.2, 0.25) is 0 Å². The molecule has 0 radical (unpaired) electrons. The highest BCUT2D eigenvalue weighted by molar-refractivity contribution is 6.00. The molecule has 4 aliphatic carbocycles. The molecule has 0 saturated heterocycles. The van der Waals surface area contributed by atoms with Crippen LogP contribution in [-0.2, 0) is 38.0 Å². The summed E-state index contributed by atoms with van der Waals surface area (Å²) in [6.45, 7) is 14.6. The molecule has 4 aliphatic rings. The van der Waals surface area contributed by atoms with Crippen LogP contribution in [0.3, 0.4) is 0 Å². The summed E-state index contributed by atoms with van der Waals surface area (Å²) in [5, 5.41) is 12.1. The van der Waals surface area contributed by atoms with Gasteiger partial charge in [-0.1, -0.05) is 83.7 Å². The van der Waals surface area contributed by atoms with Gasteiger partial charge >= 0.3 is 6.09 Å². The molecule has 2 N–H and O–H groups in total. The number of nitrogens with zero attached hydrogens (tertiary/aromatic N) is 1. The molecule has 0 bridgehead atoms. The number of amides is 3. The SMILES string of the molecule is CCCCN(CCOCCO)C(=O)Oc1ccc2c(c1)[C@@]1(C)CCC[C@](C)(C(=O)NC(=O)[C@@]3(C)CCC[C@]4(C)c5cc(C)ccc5CC[C@@H]34)[C@@H]1CC2. The van der Waals surface area contributed by atoms with Crippen molar-refractivity contribution in [3.8, 4) is 5.75 Å². The van der Waals surface area contributed by atoms with Crippen LogP contribution in [0.1, 0.15) is 127 Å². The summed E-state index contributed by atoms with van der Waals surface area (Å²) in [7, 11) is 0. The van der Waals surface area contributed by atoms with Crippen LogP contribution < -0.4 is 10.1 Å². The van der Waals surface area contributed by atoms with Crippen molar-refractivity contribution < 1.29 is 29.0 Å². The smallest absolute Gasteiger partial charge is 0.410 e. The van der Waals surface area contributed by atoms with Gasteiger partial charge in [0.15, 0.2) is 0 Å². The fraction of sp³-hybridized carbons (Fsp3) is 0.659. The van der Waals surface area contributed by atoms with E-state index in [4.69, 9.17) is 14.6 Å². The fourth-order valence-electron chi connectivity index (χ4n) is 11.2. The first kappa shape index (κ1) is 38.5. The standard InChI is InChI=1S/C44H62N2O6/c1-7-8-23-46(24-26-51-27-25-47)40(50)52-33-16-13-32-15-18-37-42(4,35(32)29-33)20-10-22-44(37,6)39(49)45-38(48)43(5)21-9-19-41(3)34-28-30(2)11-12-31(34)14-17-36(41)43/h11-13,16,28-29,36-37,47H,7-10,14-15,17-27H2,1-6H3,(H,45,48,49)/t36-,37-,41-,42-,43+,44+/m1/s1. The van der Waals surface area contributed by atoms with Gasteiger partial charge in [-0.3, -0.25) is 14.9 Å². The van der Waals surface area contributed by atoms with Crippen LogP contribution >= 0.6 is 0 Å². The largest absolute Gasteiger partial charge is 0.415 e. The zero-order valence-electron chi connectivity index (χ0n) is 32.6. The number of unbranched alkanes of at least 4 members (excludes halogenated alkanes) is 1. The van der Waals surface area contributed by atoms with Crippen molar-refractivity contribution in [1.29, 1.82) is 0 Å². The third kappa shape index (κ3) is 6.95. The van der Waals surface area contributed by atoms with E-state index >= 15 is 0 Å². The molecular formula is C44H62N2O6. The number of benzene rings is 2. The summed E-state index contributed by atoms with van der Waals surface area (Å²) < 4.78 is 11.4. The lowest BCUT2D eigenvalue weighted by molar-refractivity contribution is -0.150. The molecule has 8 nitrogen and oxygen atoms in total. The summed E-state index contributed by atoms with van der Waals surface area (Å²) in [4.78, 5) is 44.1. The molecule has 2 fully saturated rings. The normalized spacial score (nSPS) is 30.6. The number of hydrogen-bond acceptors (Lipinski definition) is 6. The second kappa shape index (κ2) is 15.3. The van der Waals surface area contributed by atoms with Gasteiger partial charge in [-0.05, 0) is 122 Å². The number of nitrogens with one attached hydrogen (secondary N) is 1. The average Bonchev–Trinajstić information content (AvgIpc) is 3.11. The van der Waals surface area contributed by atoms with Crippen LogP contribution in [0, 0.1) is 29.6 Å². The van der Waals surface area contributed by atoms with Crippen molar-refractivity contribution >= 4 is 17.9 Å². The first-order valence-corrected chi connectivity index (χ1v) is 20.0. The molecule has 8 heteroatoms. The Morgan fingerprint density at radius 1 is 0.808 bits per heavy atom. The van der Waals surface area contributed by atoms with Crippen LogP contribution in [-0.4, -0.2) is 60.8 Å². The van der Waals surface area contributed by atoms with E-state index in [1.807, 2.05) is 12.1 Å². The second-order valence-electron chi connectivity index (χ2n) is 17.4. The van der Waals surface area contributed by atoms with Crippen molar-refractivity contribution in [2.24, 2.45) is 22.7 Å². The molecule has 52 heavy (non-hydrogen) atoms. The maximum Gasteiger partial charge on any atom is 0.415 e. The van der Waals surface area contributed by atoms with Crippen LogP contribution in [0.25, 0.3) is 0 Å². The second-order valence-corrected chi connectivity index (χ2v) is 17.4. The van der Waals surface area contributed by atoms with Crippen molar-refractivity contribution in [3.05, 3.63) is 64.2 Å². The Morgan fingerprint density at radius 2 is 1.38 bits per heavy atom. The third-order valence-corrected chi connectivity index (χ3v) is 14.1. The molecule has 284 valence electrons. The fourth-order valence-corrected chi connectivity index (χ4v) is 11.2. The highest BCUT2D eigenvalue weighted by Gasteiger charge is 2.58. The summed E-state index contributed by atoms with van der Waals surface area (Å²) in [5.41, 5.74) is 4.74. The number of carbonyl (C=O) groups excluding carboxylic acids is 3. The van der Waals surface area contributed by atoms with Crippen molar-refractivity contribution in [2.45, 2.75) is 129 Å². The number of fused-ring (bicyclic) bond motifs is 6. The molecule has 0 heterocycles. The summed E-state index contributed by atoms with van der Waals surface area (Å²) in [6.07, 6.45) is 10.4. The third-order valence-electron chi connectivity index (χ3n) is 14.1. The highest BCUT2D eigenvalue weighted by atomic mass is 16.6. The Balaban J connectivity index is 1.20. The molecule has 0 spiro atoms. The lowest BCUT2D eigenvalue weighted by atomic mass is 9.49. The lowest BCUT2D eigenvalue weighted by Crippen LogP contribution is -2.60. The number of rotatable bonds is 11. The van der Waals surface area contributed by atoms with E-state index in [9.17, 15) is 14.4 Å². The maximum atomic E-state index is 14.6. The minimum Gasteiger partial charge on any atom is -0.410 e. The number of imide groups is 1. The minimum atomic E-state index is -0.705. The summed E-state index contributed by atoms with van der Waals surface area (Å²) in [5.74, 6) is 0.494. The maximum absolute atomic E-state index is 14.6. The Bertz CT molecular complexity index is 1660. The van der Waals surface area contributed by atoms with Gasteiger partial charge in [0.1, 0.15) is 5.75 Å². The van der Waals surface area contributed by atoms with Crippen molar-refractivity contribution in [1.82, 2.24) is 10.2 Å². The Hall–Kier alpha value is -3.23. The number of ether oxygens (including phenoxy) is 2. The van der Waals surface area contributed by atoms with Crippen molar-refractivity contribution in [3.63, 3.8) is 0 Å². The number of aryl methyl sites for hydroxylation is 3. The zero-order valence-corrected chi connectivity index (χ0v) is 32.6. The van der Waals surface area contributed by atoms with Gasteiger partial charge in [-0.2, -0.15) is 0 Å². The summed E-state index contributed by atoms with van der Waals surface area (Å²) in [6, 6.07) is 12.8. The average molecular weight is 715 g/mol. The molecular weight excluding hydrogens is 652 g/mol. The Morgan fingerprint density at radius 3 is 1.96 bits per heavy atom. The zero-order chi connectivity index (χ0) is 37.3. The molecule has 2 saturated carbocycles. The van der Waals surface area contributed by atoms with Gasteiger partial charge in [-0.15, -0.1) is 0 Å². The van der Waals surface area contributed by atoms with E-state index in [-0.39, 0.29) is 47.7 Å². The van der Waals surface area contributed by atoms with E-state index < -0.39 is 16.9 Å². The molecule has 2 aromatic rings. The van der Waals surface area contributed by atoms with Crippen LogP contribution in [0.15, 0.2) is 36.4 Å². The predicted molar refractivity (Wildman–Crippen MR) is 203 cm³/mol. The molecule has 3 amide bonds.